The molecule has 0 saturated heterocycles. The Balaban J connectivity index is 0.000000499. The number of nitrogens with one attached hydrogen (secondary N) is 1. The zero-order valence-corrected chi connectivity index (χ0v) is 22.8. The number of aliphatic imine (C=N–C) groups is 1. The van der Waals surface area contributed by atoms with Crippen molar-refractivity contribution in [1.82, 2.24) is 10.2 Å². The minimum absolute atomic E-state index is 0.159. The Morgan fingerprint density at radius 2 is 1.76 bits per heavy atom. The summed E-state index contributed by atoms with van der Waals surface area (Å²) in [5.41, 5.74) is 1.72. The van der Waals surface area contributed by atoms with Crippen LogP contribution in [0, 0.1) is 5.92 Å². The lowest BCUT2D eigenvalue weighted by atomic mass is 10.0. The topological polar surface area (TPSA) is 61.8 Å². The second-order valence-corrected chi connectivity index (χ2v) is 9.18. The van der Waals surface area contributed by atoms with Crippen LogP contribution in [-0.4, -0.2) is 37.5 Å². The van der Waals surface area contributed by atoms with Crippen LogP contribution in [0.15, 0.2) is 40.7 Å². The summed E-state index contributed by atoms with van der Waals surface area (Å²) in [4.78, 5) is 27.1. The molecule has 0 spiro atoms. The maximum absolute atomic E-state index is 11.7. The largest absolute Gasteiger partial charge is 0.342 e. The predicted octanol–water partition coefficient (Wildman–Crippen LogP) is 7.19. The third kappa shape index (κ3) is 14.2. The molecule has 1 N–H and O–H groups in total. The van der Waals surface area contributed by atoms with Crippen molar-refractivity contribution < 1.29 is 9.59 Å². The molecular weight excluding hydrogens is 446 g/mol. The van der Waals surface area contributed by atoms with Gasteiger partial charge in [0.1, 0.15) is 5.82 Å². The molecule has 34 heavy (non-hydrogen) atoms. The summed E-state index contributed by atoms with van der Waals surface area (Å²) in [6, 6.07) is 7.92. The van der Waals surface area contributed by atoms with Gasteiger partial charge in [0, 0.05) is 18.6 Å². The molecule has 0 atom stereocenters. The van der Waals surface area contributed by atoms with Crippen LogP contribution in [-0.2, 0) is 16.0 Å². The van der Waals surface area contributed by atoms with E-state index in [4.69, 9.17) is 11.6 Å². The van der Waals surface area contributed by atoms with Gasteiger partial charge >= 0.3 is 0 Å². The molecule has 5 nitrogen and oxygen atoms in total. The molecule has 1 aliphatic carbocycles. The van der Waals surface area contributed by atoms with Gasteiger partial charge in [0.25, 0.3) is 5.91 Å². The number of halogens is 1. The number of aryl methyl sites for hydroxylation is 1. The van der Waals surface area contributed by atoms with E-state index in [0.717, 1.165) is 23.8 Å². The fourth-order valence-corrected chi connectivity index (χ4v) is 3.98. The Kier molecular flexibility index (Phi) is 19.0. The first-order chi connectivity index (χ1) is 16.3. The smallest absolute Gasteiger partial charge is 0.252 e. The van der Waals surface area contributed by atoms with E-state index in [1.165, 1.54) is 56.9 Å². The molecular formula is C28H46ClN3O2. The van der Waals surface area contributed by atoms with Crippen LogP contribution in [0.4, 0.5) is 0 Å². The highest BCUT2D eigenvalue weighted by Crippen LogP contribution is 2.28. The average Bonchev–Trinajstić information content (AvgIpc) is 3.37. The van der Waals surface area contributed by atoms with Crippen LogP contribution < -0.4 is 5.32 Å². The Hall–Kier alpha value is -2.14. The summed E-state index contributed by atoms with van der Waals surface area (Å²) in [6.45, 7) is 12.0. The van der Waals surface area contributed by atoms with Crippen molar-refractivity contribution in [2.24, 2.45) is 10.9 Å². The molecule has 1 aromatic carbocycles. The van der Waals surface area contributed by atoms with E-state index in [0.29, 0.717) is 18.5 Å². The van der Waals surface area contributed by atoms with Crippen molar-refractivity contribution in [3.8, 4) is 0 Å². The Bertz CT molecular complexity index is 726. The van der Waals surface area contributed by atoms with Crippen LogP contribution in [0.25, 0.3) is 0 Å². The van der Waals surface area contributed by atoms with Gasteiger partial charge in [0.15, 0.2) is 0 Å². The van der Waals surface area contributed by atoms with Crippen molar-refractivity contribution in [2.75, 3.05) is 13.6 Å². The molecule has 0 aromatic heterocycles. The minimum Gasteiger partial charge on any atom is -0.342 e. The fourth-order valence-electron chi connectivity index (χ4n) is 3.85. The van der Waals surface area contributed by atoms with Gasteiger partial charge in [-0.05, 0) is 50.1 Å². The summed E-state index contributed by atoms with van der Waals surface area (Å²) in [6.07, 6.45) is 14.4. The molecule has 192 valence electrons. The number of amides is 2. The molecule has 6 heteroatoms. The van der Waals surface area contributed by atoms with Gasteiger partial charge in [-0.25, -0.2) is 4.99 Å². The van der Waals surface area contributed by atoms with E-state index in [-0.39, 0.29) is 11.7 Å². The molecule has 0 radical (unpaired) electrons. The van der Waals surface area contributed by atoms with Crippen molar-refractivity contribution >= 4 is 30.6 Å². The van der Waals surface area contributed by atoms with Gasteiger partial charge in [0.05, 0.1) is 5.57 Å². The quantitative estimate of drug-likeness (QED) is 0.154. The number of hydrogen-bond donors (Lipinski definition) is 1. The second kappa shape index (κ2) is 20.3. The molecule has 2 rings (SSSR count). The van der Waals surface area contributed by atoms with Gasteiger partial charge in [-0.2, -0.15) is 0 Å². The van der Waals surface area contributed by atoms with Crippen LogP contribution in [0.1, 0.15) is 91.0 Å². The molecule has 0 aliphatic heterocycles. The monoisotopic (exact) mass is 491 g/mol. The van der Waals surface area contributed by atoms with E-state index in [1.54, 1.807) is 18.9 Å². The molecule has 1 aliphatic rings. The van der Waals surface area contributed by atoms with E-state index in [1.807, 2.05) is 31.2 Å². The first kappa shape index (κ1) is 31.9. The standard InChI is InChI=1S/C10H17N3O2.C10H20.C8H9Cl/c1-5-6-13(4)10(15)8(2)9(11-3)12-7-14;1-2-3-4-7-10-8-5-6-9-10;1-2-7-3-5-8(9)6-4-7/h7H,3,5-6H2,1-2,4H3,(H,12,14);10H,2-9H2,1H3;3-6H,2H2,1H3/b9-8-;;. The molecule has 1 fully saturated rings. The number of benzene rings is 1. The van der Waals surface area contributed by atoms with Crippen LogP contribution in [0.2, 0.25) is 5.02 Å². The zero-order chi connectivity index (χ0) is 25.8. The highest BCUT2D eigenvalue weighted by Gasteiger charge is 2.14. The van der Waals surface area contributed by atoms with E-state index >= 15 is 0 Å². The van der Waals surface area contributed by atoms with Crippen molar-refractivity contribution in [2.45, 2.75) is 91.9 Å². The molecule has 0 heterocycles. The number of carbonyl (C=O) groups excluding carboxylic acids is 2. The lowest BCUT2D eigenvalue weighted by Crippen LogP contribution is -2.30. The normalized spacial score (nSPS) is 13.5. The number of likely N-dealkylation sites (N-methyl/N-ethyl adjacent to an activating group) is 1. The van der Waals surface area contributed by atoms with Gasteiger partial charge < -0.3 is 10.2 Å². The Morgan fingerprint density at radius 3 is 2.24 bits per heavy atom. The number of unbranched alkanes of at least 4 members (excludes halogenated alkanes) is 2. The van der Waals surface area contributed by atoms with Crippen LogP contribution >= 0.6 is 11.6 Å². The molecule has 2 amide bonds. The highest BCUT2D eigenvalue weighted by molar-refractivity contribution is 6.30. The maximum Gasteiger partial charge on any atom is 0.252 e. The van der Waals surface area contributed by atoms with Crippen LogP contribution in [0.5, 0.6) is 0 Å². The van der Waals surface area contributed by atoms with Crippen molar-refractivity contribution in [3.63, 3.8) is 0 Å². The third-order valence-electron chi connectivity index (χ3n) is 5.95. The fraction of sp³-hybridized carbons (Fsp3) is 0.607. The summed E-state index contributed by atoms with van der Waals surface area (Å²) < 4.78 is 0. The highest BCUT2D eigenvalue weighted by atomic mass is 35.5. The van der Waals surface area contributed by atoms with Gasteiger partial charge in [-0.15, -0.1) is 0 Å². The number of hydrogen-bond acceptors (Lipinski definition) is 3. The SMILES string of the molecule is C=N/C(NC=O)=C(\C)C(=O)N(C)CCC.CCCCCC1CCCC1.CCc1ccc(Cl)cc1. The lowest BCUT2D eigenvalue weighted by molar-refractivity contribution is -0.125. The molecule has 1 saturated carbocycles. The summed E-state index contributed by atoms with van der Waals surface area (Å²) in [5.74, 6) is 1.16. The maximum atomic E-state index is 11.7. The average molecular weight is 492 g/mol. The summed E-state index contributed by atoms with van der Waals surface area (Å²) >= 11 is 5.67. The third-order valence-corrected chi connectivity index (χ3v) is 6.20. The number of carbonyl (C=O) groups is 2. The second-order valence-electron chi connectivity index (χ2n) is 8.75. The number of rotatable bonds is 11. The Morgan fingerprint density at radius 1 is 1.15 bits per heavy atom. The van der Waals surface area contributed by atoms with E-state index in [9.17, 15) is 9.59 Å². The van der Waals surface area contributed by atoms with E-state index in [2.05, 4.69) is 30.9 Å². The molecule has 0 bridgehead atoms. The van der Waals surface area contributed by atoms with Crippen molar-refractivity contribution in [3.05, 3.63) is 46.2 Å². The van der Waals surface area contributed by atoms with Gasteiger partial charge in [-0.1, -0.05) is 95.9 Å². The molecule has 0 unspecified atom stereocenters. The first-order valence-electron chi connectivity index (χ1n) is 12.7. The van der Waals surface area contributed by atoms with Crippen LogP contribution in [0.3, 0.4) is 0 Å². The predicted molar refractivity (Wildman–Crippen MR) is 146 cm³/mol. The minimum atomic E-state index is -0.159. The molecule has 1 aromatic rings. The summed E-state index contributed by atoms with van der Waals surface area (Å²) in [7, 11) is 1.71. The lowest BCUT2D eigenvalue weighted by Gasteiger charge is -2.17. The zero-order valence-electron chi connectivity index (χ0n) is 22.0. The van der Waals surface area contributed by atoms with E-state index < -0.39 is 0 Å². The first-order valence-corrected chi connectivity index (χ1v) is 13.1. The summed E-state index contributed by atoms with van der Waals surface area (Å²) in [5, 5.41) is 3.14. The van der Waals surface area contributed by atoms with Gasteiger partial charge in [0.2, 0.25) is 6.41 Å². The van der Waals surface area contributed by atoms with Gasteiger partial charge in [-0.3, -0.25) is 9.59 Å². The van der Waals surface area contributed by atoms with Crippen molar-refractivity contribution in [1.29, 1.82) is 0 Å². The number of nitrogens with zero attached hydrogens (tertiary/aromatic N) is 2. The Labute approximate surface area is 213 Å².